The van der Waals surface area contributed by atoms with E-state index in [2.05, 4.69) is 46.2 Å². The lowest BCUT2D eigenvalue weighted by Crippen LogP contribution is -2.42. The fourth-order valence-electron chi connectivity index (χ4n) is 2.64. The summed E-state index contributed by atoms with van der Waals surface area (Å²) in [6, 6.07) is 6.57. The molecule has 5 heteroatoms. The quantitative estimate of drug-likeness (QED) is 0.673. The first kappa shape index (κ1) is 13.9. The lowest BCUT2D eigenvalue weighted by molar-refractivity contribution is 0.481. The molecule has 2 aromatic rings. The summed E-state index contributed by atoms with van der Waals surface area (Å²) < 4.78 is 0. The molecule has 0 amide bonds. The van der Waals surface area contributed by atoms with Crippen LogP contribution in [0.5, 0.6) is 0 Å². The van der Waals surface area contributed by atoms with Crippen molar-refractivity contribution in [3.05, 3.63) is 30.1 Å². The molecule has 0 unspecified atom stereocenters. The van der Waals surface area contributed by atoms with Gasteiger partial charge in [0, 0.05) is 30.7 Å². The van der Waals surface area contributed by atoms with Gasteiger partial charge in [-0.15, -0.1) is 0 Å². The SMILES string of the molecule is CC(C)NC(=NCc1ccc2cc[nH]c2n1)N1CCCC1. The number of hydrogen-bond acceptors (Lipinski definition) is 2. The normalized spacial score (nSPS) is 16.1. The summed E-state index contributed by atoms with van der Waals surface area (Å²) in [5.41, 5.74) is 1.93. The Morgan fingerprint density at radius 1 is 1.33 bits per heavy atom. The van der Waals surface area contributed by atoms with E-state index in [1.54, 1.807) is 0 Å². The minimum atomic E-state index is 0.392. The molecule has 0 bridgehead atoms. The summed E-state index contributed by atoms with van der Waals surface area (Å²) >= 11 is 0. The van der Waals surface area contributed by atoms with Gasteiger partial charge in [0.25, 0.3) is 0 Å². The molecular weight excluding hydrogens is 262 g/mol. The van der Waals surface area contributed by atoms with Crippen LogP contribution in [0.2, 0.25) is 0 Å². The van der Waals surface area contributed by atoms with Gasteiger partial charge in [-0.1, -0.05) is 0 Å². The molecule has 3 heterocycles. The average molecular weight is 285 g/mol. The van der Waals surface area contributed by atoms with Gasteiger partial charge >= 0.3 is 0 Å². The van der Waals surface area contributed by atoms with E-state index in [0.717, 1.165) is 35.8 Å². The third-order valence-corrected chi connectivity index (χ3v) is 3.68. The van der Waals surface area contributed by atoms with Crippen molar-refractivity contribution in [1.29, 1.82) is 0 Å². The molecule has 1 fully saturated rings. The van der Waals surface area contributed by atoms with Gasteiger partial charge in [0.15, 0.2) is 5.96 Å². The lowest BCUT2D eigenvalue weighted by atomic mass is 10.3. The molecule has 1 saturated heterocycles. The maximum Gasteiger partial charge on any atom is 0.194 e. The molecular formula is C16H23N5. The molecule has 3 rings (SSSR count). The standard InChI is InChI=1S/C16H23N5/c1-12(2)19-16(21-9-3-4-10-21)18-11-14-6-5-13-7-8-17-15(13)20-14/h5-8,12H,3-4,9-11H2,1-2H3,(H,17,20)(H,18,19). The van der Waals surface area contributed by atoms with E-state index < -0.39 is 0 Å². The van der Waals surface area contributed by atoms with Gasteiger partial charge < -0.3 is 15.2 Å². The van der Waals surface area contributed by atoms with E-state index in [0.29, 0.717) is 12.6 Å². The van der Waals surface area contributed by atoms with Crippen LogP contribution in [0.1, 0.15) is 32.4 Å². The molecule has 1 aliphatic heterocycles. The topological polar surface area (TPSA) is 56.3 Å². The van der Waals surface area contributed by atoms with Crippen molar-refractivity contribution in [2.45, 2.75) is 39.3 Å². The molecule has 0 aliphatic carbocycles. The number of nitrogens with one attached hydrogen (secondary N) is 2. The highest BCUT2D eigenvalue weighted by Crippen LogP contribution is 2.12. The first-order valence-corrected chi connectivity index (χ1v) is 7.71. The summed E-state index contributed by atoms with van der Waals surface area (Å²) in [7, 11) is 0. The largest absolute Gasteiger partial charge is 0.354 e. The first-order valence-electron chi connectivity index (χ1n) is 7.71. The number of aromatic amines is 1. The lowest BCUT2D eigenvalue weighted by Gasteiger charge is -2.23. The van der Waals surface area contributed by atoms with Crippen molar-refractivity contribution in [3.8, 4) is 0 Å². The number of likely N-dealkylation sites (tertiary alicyclic amines) is 1. The Labute approximate surface area is 125 Å². The third-order valence-electron chi connectivity index (χ3n) is 3.68. The van der Waals surface area contributed by atoms with Gasteiger partial charge in [-0.05, 0) is 44.9 Å². The minimum absolute atomic E-state index is 0.392. The highest BCUT2D eigenvalue weighted by molar-refractivity contribution is 5.80. The maximum absolute atomic E-state index is 4.76. The number of pyridine rings is 1. The second-order valence-corrected chi connectivity index (χ2v) is 5.85. The van der Waals surface area contributed by atoms with Gasteiger partial charge in [-0.2, -0.15) is 0 Å². The molecule has 0 saturated carbocycles. The fraction of sp³-hybridized carbons (Fsp3) is 0.500. The Bertz CT molecular complexity index is 622. The van der Waals surface area contributed by atoms with Crippen molar-refractivity contribution < 1.29 is 0 Å². The Morgan fingerprint density at radius 3 is 2.90 bits per heavy atom. The number of rotatable bonds is 3. The van der Waals surface area contributed by atoms with Crippen molar-refractivity contribution in [1.82, 2.24) is 20.2 Å². The number of hydrogen-bond donors (Lipinski definition) is 2. The van der Waals surface area contributed by atoms with Crippen LogP contribution >= 0.6 is 0 Å². The van der Waals surface area contributed by atoms with Crippen LogP contribution in [0.3, 0.4) is 0 Å². The number of nitrogens with zero attached hydrogens (tertiary/aromatic N) is 3. The van der Waals surface area contributed by atoms with Gasteiger partial charge in [-0.3, -0.25) is 0 Å². The van der Waals surface area contributed by atoms with Crippen LogP contribution in [0.4, 0.5) is 0 Å². The van der Waals surface area contributed by atoms with Gasteiger partial charge in [0.1, 0.15) is 5.65 Å². The second-order valence-electron chi connectivity index (χ2n) is 5.85. The Morgan fingerprint density at radius 2 is 2.14 bits per heavy atom. The van der Waals surface area contributed by atoms with E-state index in [1.165, 1.54) is 12.8 Å². The molecule has 0 atom stereocenters. The Kier molecular flexibility index (Phi) is 4.08. The molecule has 1 aliphatic rings. The summed E-state index contributed by atoms with van der Waals surface area (Å²) in [6.07, 6.45) is 4.43. The van der Waals surface area contributed by atoms with Crippen LogP contribution in [0.15, 0.2) is 29.4 Å². The number of H-pyrrole nitrogens is 1. The van der Waals surface area contributed by atoms with Crippen LogP contribution in [0, 0.1) is 0 Å². The van der Waals surface area contributed by atoms with Crippen LogP contribution in [-0.2, 0) is 6.54 Å². The number of guanidine groups is 1. The second kappa shape index (κ2) is 6.16. The smallest absolute Gasteiger partial charge is 0.194 e. The van der Waals surface area contributed by atoms with Crippen LogP contribution in [-0.4, -0.2) is 40.0 Å². The van der Waals surface area contributed by atoms with E-state index >= 15 is 0 Å². The predicted molar refractivity (Wildman–Crippen MR) is 86.3 cm³/mol. The minimum Gasteiger partial charge on any atom is -0.354 e. The molecule has 112 valence electrons. The highest BCUT2D eigenvalue weighted by atomic mass is 15.3. The van der Waals surface area contributed by atoms with Crippen LogP contribution < -0.4 is 5.32 Å². The first-order chi connectivity index (χ1) is 10.2. The number of aromatic nitrogens is 2. The summed E-state index contributed by atoms with van der Waals surface area (Å²) in [5, 5.41) is 4.61. The third kappa shape index (κ3) is 3.35. The van der Waals surface area contributed by atoms with Crippen molar-refractivity contribution in [3.63, 3.8) is 0 Å². The van der Waals surface area contributed by atoms with Crippen molar-refractivity contribution in [2.24, 2.45) is 4.99 Å². The molecule has 5 nitrogen and oxygen atoms in total. The van der Waals surface area contributed by atoms with Crippen molar-refractivity contribution >= 4 is 17.0 Å². The van der Waals surface area contributed by atoms with Gasteiger partial charge in [-0.25, -0.2) is 9.98 Å². The van der Waals surface area contributed by atoms with E-state index in [1.807, 2.05) is 12.3 Å². The molecule has 2 aromatic heterocycles. The van der Waals surface area contributed by atoms with E-state index in [-0.39, 0.29) is 0 Å². The number of aliphatic imine (C=N–C) groups is 1. The zero-order chi connectivity index (χ0) is 14.7. The molecule has 0 radical (unpaired) electrons. The molecule has 2 N–H and O–H groups in total. The van der Waals surface area contributed by atoms with E-state index in [9.17, 15) is 0 Å². The zero-order valence-electron chi connectivity index (χ0n) is 12.8. The molecule has 21 heavy (non-hydrogen) atoms. The monoisotopic (exact) mass is 285 g/mol. The Hall–Kier alpha value is -2.04. The van der Waals surface area contributed by atoms with Gasteiger partial charge in [0.2, 0.25) is 0 Å². The van der Waals surface area contributed by atoms with Crippen molar-refractivity contribution in [2.75, 3.05) is 13.1 Å². The van der Waals surface area contributed by atoms with E-state index in [4.69, 9.17) is 4.99 Å². The summed E-state index contributed by atoms with van der Waals surface area (Å²) in [4.78, 5) is 14.9. The van der Waals surface area contributed by atoms with Gasteiger partial charge in [0.05, 0.1) is 12.2 Å². The summed E-state index contributed by atoms with van der Waals surface area (Å²) in [6.45, 7) is 7.10. The molecule has 0 aromatic carbocycles. The molecule has 0 spiro atoms. The number of fused-ring (bicyclic) bond motifs is 1. The highest BCUT2D eigenvalue weighted by Gasteiger charge is 2.16. The van der Waals surface area contributed by atoms with Crippen LogP contribution in [0.25, 0.3) is 11.0 Å². The average Bonchev–Trinajstić information content (AvgIpc) is 3.13. The fourth-order valence-corrected chi connectivity index (χ4v) is 2.64. The Balaban J connectivity index is 1.76. The maximum atomic E-state index is 4.76. The predicted octanol–water partition coefficient (Wildman–Crippen LogP) is 2.51. The summed E-state index contributed by atoms with van der Waals surface area (Å²) in [5.74, 6) is 1.01. The zero-order valence-corrected chi connectivity index (χ0v) is 12.8.